The molecule has 1 aliphatic carbocycles. The molecule has 0 unspecified atom stereocenters. The van der Waals surface area contributed by atoms with E-state index in [1.54, 1.807) is 10.4 Å². The van der Waals surface area contributed by atoms with Crippen molar-refractivity contribution >= 4 is 23.5 Å². The maximum Gasteiger partial charge on any atom is 0.290 e. The van der Waals surface area contributed by atoms with Gasteiger partial charge in [0.2, 0.25) is 0 Å². The van der Waals surface area contributed by atoms with E-state index in [9.17, 15) is 0 Å². The number of hydrogen-bond acceptors (Lipinski definition) is 4. The van der Waals surface area contributed by atoms with Gasteiger partial charge in [-0.2, -0.15) is 0 Å². The molecule has 4 rings (SSSR count). The third-order valence-electron chi connectivity index (χ3n) is 5.82. The van der Waals surface area contributed by atoms with Gasteiger partial charge in [0.25, 0.3) is 6.47 Å². The second-order valence-corrected chi connectivity index (χ2v) is 9.42. The van der Waals surface area contributed by atoms with Crippen LogP contribution in [-0.2, 0) is 17.6 Å². The second-order valence-electron chi connectivity index (χ2n) is 8.31. The van der Waals surface area contributed by atoms with Gasteiger partial charge in [0, 0.05) is 40.1 Å². The largest absolute Gasteiger partial charge is 0.483 e. The maximum absolute atomic E-state index is 8.36. The lowest BCUT2D eigenvalue weighted by molar-refractivity contribution is -0.122. The minimum Gasteiger partial charge on any atom is -0.483 e. The van der Waals surface area contributed by atoms with E-state index in [0.29, 0.717) is 11.5 Å². The number of rotatable bonds is 3. The molecule has 2 heterocycles. The Hall–Kier alpha value is -1.85. The van der Waals surface area contributed by atoms with Gasteiger partial charge >= 0.3 is 0 Å². The molecule has 1 fully saturated rings. The molecule has 0 spiro atoms. The van der Waals surface area contributed by atoms with Crippen LogP contribution in [0.3, 0.4) is 0 Å². The van der Waals surface area contributed by atoms with Crippen LogP contribution >= 0.6 is 11.3 Å². The third-order valence-corrected chi connectivity index (χ3v) is 7.25. The zero-order valence-electron chi connectivity index (χ0n) is 16.7. The molecule has 0 saturated carbocycles. The zero-order valence-corrected chi connectivity index (χ0v) is 17.5. The molecule has 1 aromatic carbocycles. The highest BCUT2D eigenvalue weighted by atomic mass is 32.1. The van der Waals surface area contributed by atoms with Crippen molar-refractivity contribution in [1.29, 1.82) is 0 Å². The standard InChI is InChI=1S/C21H28N2S.CH2O2/c1-14-17-11-21(2,3)10-9-19(17)24-20(14)16-7-5-6-8-18(16)23-12-15(13-23)22-4;2-1-3/h5-8,15,22H,9-13H2,1-4H3;1H,(H,2,3). The first kappa shape index (κ1) is 19.9. The molecule has 1 saturated heterocycles. The van der Waals surface area contributed by atoms with Gasteiger partial charge in [0.1, 0.15) is 0 Å². The Morgan fingerprint density at radius 3 is 2.63 bits per heavy atom. The van der Waals surface area contributed by atoms with Crippen molar-refractivity contribution in [3.63, 3.8) is 0 Å². The number of para-hydroxylation sites is 1. The van der Waals surface area contributed by atoms with Crippen molar-refractivity contribution in [2.45, 2.75) is 46.1 Å². The van der Waals surface area contributed by atoms with Crippen molar-refractivity contribution in [3.8, 4) is 10.4 Å². The van der Waals surface area contributed by atoms with Gasteiger partial charge in [0.15, 0.2) is 0 Å². The predicted molar refractivity (Wildman–Crippen MR) is 114 cm³/mol. The monoisotopic (exact) mass is 386 g/mol. The topological polar surface area (TPSA) is 52.6 Å². The number of anilines is 1. The van der Waals surface area contributed by atoms with Crippen LogP contribution < -0.4 is 10.2 Å². The molecular formula is C22H30N2O2S. The summed E-state index contributed by atoms with van der Waals surface area (Å²) in [5.74, 6) is 0. The number of likely N-dealkylation sites (N-methyl/N-ethyl adjacent to an activating group) is 1. The molecule has 5 heteroatoms. The zero-order chi connectivity index (χ0) is 19.6. The molecule has 0 radical (unpaired) electrons. The Balaban J connectivity index is 0.000000659. The Kier molecular flexibility index (Phi) is 5.92. The van der Waals surface area contributed by atoms with E-state index in [4.69, 9.17) is 9.90 Å². The van der Waals surface area contributed by atoms with Crippen molar-refractivity contribution in [3.05, 3.63) is 40.3 Å². The van der Waals surface area contributed by atoms with Crippen LogP contribution in [0.1, 0.15) is 36.3 Å². The van der Waals surface area contributed by atoms with Gasteiger partial charge in [-0.25, -0.2) is 0 Å². The van der Waals surface area contributed by atoms with E-state index < -0.39 is 0 Å². The number of carboxylic acid groups (broad SMARTS) is 1. The Bertz CT molecular complexity index is 807. The van der Waals surface area contributed by atoms with Gasteiger partial charge in [-0.3, -0.25) is 4.79 Å². The maximum atomic E-state index is 8.36. The van der Waals surface area contributed by atoms with Crippen LogP contribution in [0.4, 0.5) is 5.69 Å². The molecule has 0 amide bonds. The summed E-state index contributed by atoms with van der Waals surface area (Å²) in [5.41, 5.74) is 6.46. The van der Waals surface area contributed by atoms with E-state index in [2.05, 4.69) is 62.3 Å². The summed E-state index contributed by atoms with van der Waals surface area (Å²) < 4.78 is 0. The number of fused-ring (bicyclic) bond motifs is 1. The average molecular weight is 387 g/mol. The van der Waals surface area contributed by atoms with Crippen LogP contribution in [0, 0.1) is 12.3 Å². The van der Waals surface area contributed by atoms with E-state index >= 15 is 0 Å². The minimum atomic E-state index is -0.250. The highest BCUT2D eigenvalue weighted by molar-refractivity contribution is 7.16. The van der Waals surface area contributed by atoms with Gasteiger partial charge in [-0.05, 0) is 55.8 Å². The summed E-state index contributed by atoms with van der Waals surface area (Å²) in [6, 6.07) is 9.62. The third kappa shape index (κ3) is 4.04. The summed E-state index contributed by atoms with van der Waals surface area (Å²) in [6.45, 7) is 9.15. The molecule has 1 aromatic heterocycles. The molecule has 27 heavy (non-hydrogen) atoms. The van der Waals surface area contributed by atoms with Crippen molar-refractivity contribution in [1.82, 2.24) is 5.32 Å². The molecule has 4 nitrogen and oxygen atoms in total. The van der Waals surface area contributed by atoms with Crippen molar-refractivity contribution < 1.29 is 9.90 Å². The number of benzene rings is 1. The van der Waals surface area contributed by atoms with Gasteiger partial charge in [-0.15, -0.1) is 11.3 Å². The highest BCUT2D eigenvalue weighted by Crippen LogP contribution is 2.46. The number of carbonyl (C=O) groups is 1. The van der Waals surface area contributed by atoms with E-state index in [1.807, 2.05) is 11.3 Å². The highest BCUT2D eigenvalue weighted by Gasteiger charge is 2.31. The van der Waals surface area contributed by atoms with E-state index in [0.717, 1.165) is 13.1 Å². The molecule has 0 atom stereocenters. The number of hydrogen-bond donors (Lipinski definition) is 2. The lowest BCUT2D eigenvalue weighted by Gasteiger charge is -2.41. The molecule has 2 aromatic rings. The lowest BCUT2D eigenvalue weighted by atomic mass is 9.76. The smallest absolute Gasteiger partial charge is 0.290 e. The Morgan fingerprint density at radius 1 is 1.30 bits per heavy atom. The quantitative estimate of drug-likeness (QED) is 0.770. The molecule has 146 valence electrons. The van der Waals surface area contributed by atoms with Crippen molar-refractivity contribution in [2.75, 3.05) is 25.0 Å². The summed E-state index contributed by atoms with van der Waals surface area (Å²) in [5, 5.41) is 10.3. The minimum absolute atomic E-state index is 0.250. The molecule has 2 aliphatic rings. The van der Waals surface area contributed by atoms with E-state index in [-0.39, 0.29) is 6.47 Å². The van der Waals surface area contributed by atoms with E-state index in [1.165, 1.54) is 41.0 Å². The summed E-state index contributed by atoms with van der Waals surface area (Å²) in [6.07, 6.45) is 3.80. The second kappa shape index (κ2) is 8.03. The summed E-state index contributed by atoms with van der Waals surface area (Å²) >= 11 is 2.05. The number of nitrogens with zero attached hydrogens (tertiary/aromatic N) is 1. The Labute approximate surface area is 166 Å². The van der Waals surface area contributed by atoms with Crippen LogP contribution in [0.2, 0.25) is 0 Å². The van der Waals surface area contributed by atoms with Crippen LogP contribution in [0.5, 0.6) is 0 Å². The van der Waals surface area contributed by atoms with Gasteiger partial charge in [0.05, 0.1) is 0 Å². The lowest BCUT2D eigenvalue weighted by Crippen LogP contribution is -2.57. The normalized spacial score (nSPS) is 18.1. The van der Waals surface area contributed by atoms with Crippen LogP contribution in [0.15, 0.2) is 24.3 Å². The first-order valence-electron chi connectivity index (χ1n) is 9.60. The fourth-order valence-electron chi connectivity index (χ4n) is 4.12. The Morgan fingerprint density at radius 2 is 1.96 bits per heavy atom. The predicted octanol–water partition coefficient (Wildman–Crippen LogP) is 4.35. The van der Waals surface area contributed by atoms with Crippen LogP contribution in [0.25, 0.3) is 10.4 Å². The van der Waals surface area contributed by atoms with Crippen molar-refractivity contribution in [2.24, 2.45) is 5.41 Å². The molecule has 2 N–H and O–H groups in total. The first-order valence-corrected chi connectivity index (χ1v) is 10.4. The molecule has 1 aliphatic heterocycles. The molecule has 0 bridgehead atoms. The first-order chi connectivity index (χ1) is 12.9. The fraction of sp³-hybridized carbons (Fsp3) is 0.500. The summed E-state index contributed by atoms with van der Waals surface area (Å²) in [7, 11) is 2.06. The summed E-state index contributed by atoms with van der Waals surface area (Å²) in [4.78, 5) is 14.0. The molecular weight excluding hydrogens is 356 g/mol. The number of aryl methyl sites for hydroxylation is 1. The van der Waals surface area contributed by atoms with Crippen LogP contribution in [-0.4, -0.2) is 37.8 Å². The van der Waals surface area contributed by atoms with Gasteiger partial charge in [-0.1, -0.05) is 32.0 Å². The number of nitrogens with one attached hydrogen (secondary N) is 1. The average Bonchev–Trinajstić information content (AvgIpc) is 2.90. The fourth-order valence-corrected chi connectivity index (χ4v) is 5.47. The SMILES string of the molecule is CNC1CN(c2ccccc2-c2sc3c(c2C)CC(C)(C)CC3)C1.O=CO. The number of thiophene rings is 1. The van der Waals surface area contributed by atoms with Gasteiger partial charge < -0.3 is 15.3 Å².